The minimum Gasteiger partial charge on any atom is -0.496 e. The average molecular weight is 567 g/mol. The zero-order valence-electron chi connectivity index (χ0n) is 21.3. The minimum absolute atomic E-state index is 0.0421. The van der Waals surface area contributed by atoms with Gasteiger partial charge < -0.3 is 26.0 Å². The van der Waals surface area contributed by atoms with Gasteiger partial charge in [-0.3, -0.25) is 9.79 Å². The second kappa shape index (κ2) is 11.5. The molecule has 212 valence electrons. The third kappa shape index (κ3) is 6.78. The lowest BCUT2D eigenvalue weighted by atomic mass is 10.1. The van der Waals surface area contributed by atoms with Crippen molar-refractivity contribution in [2.45, 2.75) is 12.4 Å². The quantitative estimate of drug-likeness (QED) is 0.420. The van der Waals surface area contributed by atoms with E-state index in [1.807, 2.05) is 0 Å². The molecule has 0 spiro atoms. The Hall–Kier alpha value is -4.82. The van der Waals surface area contributed by atoms with Gasteiger partial charge in [-0.2, -0.15) is 26.3 Å². The van der Waals surface area contributed by atoms with Gasteiger partial charge in [-0.1, -0.05) is 6.58 Å². The highest BCUT2D eigenvalue weighted by atomic mass is 19.4. The predicted octanol–water partition coefficient (Wildman–Crippen LogP) is 5.11. The van der Waals surface area contributed by atoms with Crippen LogP contribution in [0.15, 0.2) is 75.7 Å². The molecule has 0 unspecified atom stereocenters. The highest BCUT2D eigenvalue weighted by molar-refractivity contribution is 6.41. The van der Waals surface area contributed by atoms with E-state index in [1.165, 1.54) is 17.3 Å². The smallest absolute Gasteiger partial charge is 0.420 e. The van der Waals surface area contributed by atoms with Crippen LogP contribution >= 0.6 is 0 Å². The SMILES string of the molecule is C=C/N=C1/C=NC(N(C)C)=N/C1=C(/N)Nc1cc(C(=O)Nc2ccc(OC)c(C(F)(F)F)c2)ccc1C(F)(F)F. The fourth-order valence-corrected chi connectivity index (χ4v) is 3.42. The Balaban J connectivity index is 2.03. The van der Waals surface area contributed by atoms with Crippen molar-refractivity contribution in [3.05, 3.63) is 77.4 Å². The molecule has 9 nitrogen and oxygen atoms in total. The van der Waals surface area contributed by atoms with Gasteiger partial charge >= 0.3 is 12.4 Å². The highest BCUT2D eigenvalue weighted by Crippen LogP contribution is 2.38. The summed E-state index contributed by atoms with van der Waals surface area (Å²) >= 11 is 0. The molecule has 0 atom stereocenters. The second-order valence-corrected chi connectivity index (χ2v) is 8.27. The van der Waals surface area contributed by atoms with Gasteiger partial charge in [-0.25, -0.2) is 9.98 Å². The van der Waals surface area contributed by atoms with Crippen molar-refractivity contribution in [1.82, 2.24) is 4.90 Å². The predicted molar refractivity (Wildman–Crippen MR) is 139 cm³/mol. The highest BCUT2D eigenvalue weighted by Gasteiger charge is 2.36. The first-order valence-electron chi connectivity index (χ1n) is 11.2. The monoisotopic (exact) mass is 567 g/mol. The van der Waals surface area contributed by atoms with Crippen molar-refractivity contribution in [2.75, 3.05) is 31.8 Å². The van der Waals surface area contributed by atoms with Gasteiger partial charge in [-0.15, -0.1) is 0 Å². The van der Waals surface area contributed by atoms with Crippen LogP contribution in [-0.2, 0) is 12.4 Å². The molecule has 15 heteroatoms. The third-order valence-electron chi connectivity index (χ3n) is 5.26. The van der Waals surface area contributed by atoms with E-state index in [0.717, 1.165) is 31.4 Å². The Bertz CT molecular complexity index is 1440. The lowest BCUT2D eigenvalue weighted by Crippen LogP contribution is -2.28. The molecular formula is C25H23F6N7O2. The molecule has 0 aromatic heterocycles. The normalized spacial score (nSPS) is 15.8. The number of ether oxygens (including phenoxy) is 1. The van der Waals surface area contributed by atoms with E-state index in [4.69, 9.17) is 10.5 Å². The molecule has 40 heavy (non-hydrogen) atoms. The molecule has 0 fully saturated rings. The number of guanidine groups is 1. The van der Waals surface area contributed by atoms with Crippen LogP contribution in [0.25, 0.3) is 0 Å². The van der Waals surface area contributed by atoms with Crippen molar-refractivity contribution in [2.24, 2.45) is 20.7 Å². The number of carbonyl (C=O) groups is 1. The first kappa shape index (κ1) is 29.7. The van der Waals surface area contributed by atoms with E-state index in [0.29, 0.717) is 12.1 Å². The molecule has 0 bridgehead atoms. The van der Waals surface area contributed by atoms with E-state index < -0.39 is 40.8 Å². The molecular weight excluding hydrogens is 544 g/mol. The van der Waals surface area contributed by atoms with Gasteiger partial charge in [0.15, 0.2) is 0 Å². The Morgan fingerprint density at radius 2 is 1.73 bits per heavy atom. The number of hydrogen-bond acceptors (Lipinski definition) is 8. The molecule has 0 saturated carbocycles. The van der Waals surface area contributed by atoms with Crippen LogP contribution in [0.4, 0.5) is 37.7 Å². The Morgan fingerprint density at radius 3 is 2.30 bits per heavy atom. The Labute approximate surface area is 224 Å². The summed E-state index contributed by atoms with van der Waals surface area (Å²) in [5.74, 6) is -1.61. The third-order valence-corrected chi connectivity index (χ3v) is 5.26. The number of amides is 1. The van der Waals surface area contributed by atoms with Crippen molar-refractivity contribution in [3.63, 3.8) is 0 Å². The van der Waals surface area contributed by atoms with Gasteiger partial charge in [0.1, 0.15) is 23.0 Å². The summed E-state index contributed by atoms with van der Waals surface area (Å²) in [6.45, 7) is 3.47. The fraction of sp³-hybridized carbons (Fsp3) is 0.200. The van der Waals surface area contributed by atoms with Gasteiger partial charge in [0.25, 0.3) is 5.91 Å². The fourth-order valence-electron chi connectivity index (χ4n) is 3.42. The zero-order chi connectivity index (χ0) is 29.8. The number of carbonyl (C=O) groups excluding carboxylic acids is 1. The molecule has 1 heterocycles. The van der Waals surface area contributed by atoms with E-state index in [1.54, 1.807) is 14.1 Å². The number of halogens is 6. The summed E-state index contributed by atoms with van der Waals surface area (Å²) in [6, 6.07) is 5.18. The topological polar surface area (TPSA) is 117 Å². The minimum atomic E-state index is -4.86. The maximum atomic E-state index is 13.8. The average Bonchev–Trinajstić information content (AvgIpc) is 2.87. The summed E-state index contributed by atoms with van der Waals surface area (Å²) < 4.78 is 86.2. The molecule has 1 aliphatic heterocycles. The summed E-state index contributed by atoms with van der Waals surface area (Å²) in [5.41, 5.74) is 2.66. The van der Waals surface area contributed by atoms with Crippen LogP contribution in [0.1, 0.15) is 21.5 Å². The van der Waals surface area contributed by atoms with Crippen molar-refractivity contribution < 1.29 is 35.9 Å². The van der Waals surface area contributed by atoms with E-state index in [9.17, 15) is 31.1 Å². The number of nitrogens with two attached hydrogens (primary N) is 1. The largest absolute Gasteiger partial charge is 0.496 e. The number of alkyl halides is 6. The second-order valence-electron chi connectivity index (χ2n) is 8.27. The molecule has 0 aliphatic carbocycles. The molecule has 3 rings (SSSR count). The van der Waals surface area contributed by atoms with Crippen LogP contribution in [-0.4, -0.2) is 49.9 Å². The van der Waals surface area contributed by atoms with E-state index in [2.05, 4.69) is 32.2 Å². The maximum Gasteiger partial charge on any atom is 0.420 e. The van der Waals surface area contributed by atoms with E-state index >= 15 is 0 Å². The summed E-state index contributed by atoms with van der Waals surface area (Å²) in [4.78, 5) is 26.6. The zero-order valence-corrected chi connectivity index (χ0v) is 21.3. The van der Waals surface area contributed by atoms with Crippen molar-refractivity contribution in [3.8, 4) is 5.75 Å². The van der Waals surface area contributed by atoms with Crippen LogP contribution in [0.2, 0.25) is 0 Å². The number of hydrogen-bond donors (Lipinski definition) is 3. The number of nitrogens with one attached hydrogen (secondary N) is 2. The standard InChI is InChI=1S/C25H23F6N7O2/c1-5-33-18-12-34-23(38(2)3)37-20(18)21(32)36-17-10-13(6-8-15(17)24(26,27)28)22(39)35-14-7-9-19(40-4)16(11-14)25(29,30)31/h5-12,36H,1,32H2,2-4H3,(H,35,39)/b21-20-,33-18-. The van der Waals surface area contributed by atoms with Crippen LogP contribution < -0.4 is 21.1 Å². The number of rotatable bonds is 6. The summed E-state index contributed by atoms with van der Waals surface area (Å²) in [7, 11) is 4.33. The summed E-state index contributed by atoms with van der Waals surface area (Å²) in [5, 5.41) is 4.67. The number of nitrogens with zero attached hydrogens (tertiary/aromatic N) is 4. The number of allylic oxidation sites excluding steroid dienone is 1. The molecule has 2 aromatic rings. The lowest BCUT2D eigenvalue weighted by Gasteiger charge is -2.20. The van der Waals surface area contributed by atoms with Crippen molar-refractivity contribution in [1.29, 1.82) is 0 Å². The number of aliphatic imine (C=N–C) groups is 3. The van der Waals surface area contributed by atoms with Gasteiger partial charge in [-0.05, 0) is 36.4 Å². The van der Waals surface area contributed by atoms with Crippen LogP contribution in [0.5, 0.6) is 5.75 Å². The molecule has 2 aromatic carbocycles. The van der Waals surface area contributed by atoms with Gasteiger partial charge in [0, 0.05) is 31.5 Å². The number of methoxy groups -OCH3 is 1. The maximum absolute atomic E-state index is 13.8. The molecule has 0 saturated heterocycles. The Kier molecular flexibility index (Phi) is 8.55. The Morgan fingerprint density at radius 1 is 1.05 bits per heavy atom. The van der Waals surface area contributed by atoms with Gasteiger partial charge in [0.2, 0.25) is 5.96 Å². The lowest BCUT2D eigenvalue weighted by molar-refractivity contribution is -0.139. The summed E-state index contributed by atoms with van der Waals surface area (Å²) in [6.07, 6.45) is -7.17. The molecule has 1 amide bonds. The number of benzene rings is 2. The first-order valence-corrected chi connectivity index (χ1v) is 11.2. The van der Waals surface area contributed by atoms with E-state index in [-0.39, 0.29) is 34.4 Å². The first-order chi connectivity index (χ1) is 18.6. The van der Waals surface area contributed by atoms with Crippen LogP contribution in [0.3, 0.4) is 0 Å². The molecule has 1 aliphatic rings. The van der Waals surface area contributed by atoms with Gasteiger partial charge in [0.05, 0.1) is 30.1 Å². The molecule has 0 radical (unpaired) electrons. The van der Waals surface area contributed by atoms with Crippen LogP contribution in [0, 0.1) is 0 Å². The van der Waals surface area contributed by atoms with Crippen molar-refractivity contribution >= 4 is 35.2 Å². The number of anilines is 2. The molecule has 4 N–H and O–H groups in total.